The topological polar surface area (TPSA) is 93.5 Å². The maximum Gasteiger partial charge on any atom is 0.418 e. The molecule has 232 valence electrons. The van der Waals surface area contributed by atoms with E-state index in [-0.39, 0.29) is 16.9 Å². The SMILES string of the molecule is COC(c1ccc(F)cc1)c1nc2cc(F)c(F)cc2n1C(C(=O)Nc1ccc(C(=O)O)cc1C(F)(F)F)C1CCCCC1. The second kappa shape index (κ2) is 12.3. The first-order valence-corrected chi connectivity index (χ1v) is 13.8. The van der Waals surface area contributed by atoms with Crippen molar-refractivity contribution < 1.29 is 45.8 Å². The number of aromatic nitrogens is 2. The Balaban J connectivity index is 1.70. The zero-order chi connectivity index (χ0) is 31.8. The van der Waals surface area contributed by atoms with E-state index in [1.54, 1.807) is 0 Å². The first kappa shape index (κ1) is 31.0. The number of rotatable bonds is 8. The number of carbonyl (C=O) groups is 2. The average Bonchev–Trinajstić information content (AvgIpc) is 3.32. The summed E-state index contributed by atoms with van der Waals surface area (Å²) in [7, 11) is 1.33. The van der Waals surface area contributed by atoms with Gasteiger partial charge in [0.25, 0.3) is 0 Å². The Labute approximate surface area is 247 Å². The van der Waals surface area contributed by atoms with Gasteiger partial charge in [0, 0.05) is 19.2 Å². The quantitative estimate of drug-likeness (QED) is 0.198. The number of carbonyl (C=O) groups excluding carboxylic acids is 1. The van der Waals surface area contributed by atoms with Crippen molar-refractivity contribution in [1.29, 1.82) is 0 Å². The van der Waals surface area contributed by atoms with Crippen molar-refractivity contribution in [1.82, 2.24) is 9.55 Å². The smallest absolute Gasteiger partial charge is 0.418 e. The zero-order valence-corrected chi connectivity index (χ0v) is 23.3. The molecular formula is C31H27F6N3O4. The Morgan fingerprint density at radius 3 is 2.25 bits per heavy atom. The van der Waals surface area contributed by atoms with Crippen LogP contribution >= 0.6 is 0 Å². The monoisotopic (exact) mass is 619 g/mol. The molecule has 3 aromatic carbocycles. The highest BCUT2D eigenvalue weighted by atomic mass is 19.4. The van der Waals surface area contributed by atoms with Crippen molar-refractivity contribution in [3.05, 3.63) is 94.6 Å². The number of aromatic carboxylic acids is 1. The third-order valence-electron chi connectivity index (χ3n) is 7.87. The van der Waals surface area contributed by atoms with E-state index in [9.17, 15) is 41.0 Å². The second-order valence-electron chi connectivity index (χ2n) is 10.7. The molecule has 0 saturated heterocycles. The molecular weight excluding hydrogens is 592 g/mol. The minimum Gasteiger partial charge on any atom is -0.478 e. The summed E-state index contributed by atoms with van der Waals surface area (Å²) in [5.41, 5.74) is -2.28. The molecule has 1 saturated carbocycles. The minimum absolute atomic E-state index is 0.00561. The number of benzene rings is 3. The third kappa shape index (κ3) is 6.14. The predicted molar refractivity (Wildman–Crippen MR) is 148 cm³/mol. The molecule has 5 rings (SSSR count). The normalized spacial score (nSPS) is 15.7. The van der Waals surface area contributed by atoms with Gasteiger partial charge >= 0.3 is 12.1 Å². The number of anilines is 1. The van der Waals surface area contributed by atoms with Crippen LogP contribution in [0.25, 0.3) is 11.0 Å². The first-order valence-electron chi connectivity index (χ1n) is 13.8. The molecule has 1 heterocycles. The average molecular weight is 620 g/mol. The van der Waals surface area contributed by atoms with E-state index in [4.69, 9.17) is 4.74 Å². The van der Waals surface area contributed by atoms with Crippen molar-refractivity contribution in [2.75, 3.05) is 12.4 Å². The van der Waals surface area contributed by atoms with Gasteiger partial charge in [-0.3, -0.25) is 4.79 Å². The summed E-state index contributed by atoms with van der Waals surface area (Å²) < 4.78 is 91.9. The van der Waals surface area contributed by atoms with Gasteiger partial charge in [-0.25, -0.2) is 22.9 Å². The van der Waals surface area contributed by atoms with Crippen molar-refractivity contribution in [2.24, 2.45) is 5.92 Å². The molecule has 13 heteroatoms. The molecule has 0 aliphatic heterocycles. The Morgan fingerprint density at radius 2 is 1.64 bits per heavy atom. The van der Waals surface area contributed by atoms with Gasteiger partial charge in [-0.1, -0.05) is 31.4 Å². The summed E-state index contributed by atoms with van der Waals surface area (Å²) in [5, 5.41) is 11.6. The van der Waals surface area contributed by atoms with E-state index in [0.29, 0.717) is 37.3 Å². The van der Waals surface area contributed by atoms with Crippen LogP contribution in [-0.4, -0.2) is 33.6 Å². The minimum atomic E-state index is -5.01. The number of hydrogen-bond acceptors (Lipinski definition) is 4. The van der Waals surface area contributed by atoms with Gasteiger partial charge in [0.15, 0.2) is 11.6 Å². The molecule has 1 aliphatic rings. The van der Waals surface area contributed by atoms with Gasteiger partial charge in [0.1, 0.15) is 23.8 Å². The Hall–Kier alpha value is -4.39. The standard InChI is InChI=1S/C31H27F6N3O4/c1-44-27(17-7-10-19(32)11-8-17)28-38-24-14-21(33)22(34)15-25(24)40(28)26(16-5-3-2-4-6-16)29(41)39-23-12-9-18(30(42)43)13-20(23)31(35,36)37/h7-16,26-27H,2-6H2,1H3,(H,39,41)(H,42,43). The number of ether oxygens (including phenoxy) is 1. The lowest BCUT2D eigenvalue weighted by atomic mass is 9.83. The summed E-state index contributed by atoms with van der Waals surface area (Å²) in [6.45, 7) is 0. The maximum atomic E-state index is 14.7. The fraction of sp³-hybridized carbons (Fsp3) is 0.323. The molecule has 0 radical (unpaired) electrons. The third-order valence-corrected chi connectivity index (χ3v) is 7.87. The van der Waals surface area contributed by atoms with E-state index in [1.165, 1.54) is 35.9 Å². The van der Waals surface area contributed by atoms with Crippen LogP contribution in [0.15, 0.2) is 54.6 Å². The summed E-state index contributed by atoms with van der Waals surface area (Å²) in [4.78, 5) is 30.0. The maximum absolute atomic E-state index is 14.7. The molecule has 2 atom stereocenters. The number of carboxylic acids is 1. The number of amides is 1. The fourth-order valence-corrected chi connectivity index (χ4v) is 5.83. The fourth-order valence-electron chi connectivity index (χ4n) is 5.83. The molecule has 0 spiro atoms. The molecule has 1 fully saturated rings. The zero-order valence-electron chi connectivity index (χ0n) is 23.3. The number of alkyl halides is 3. The number of carboxylic acid groups (broad SMARTS) is 1. The van der Waals surface area contributed by atoms with Crippen molar-refractivity contribution in [3.63, 3.8) is 0 Å². The molecule has 2 unspecified atom stereocenters. The number of hydrogen-bond donors (Lipinski definition) is 2. The molecule has 44 heavy (non-hydrogen) atoms. The van der Waals surface area contributed by atoms with Crippen LogP contribution in [0.3, 0.4) is 0 Å². The molecule has 4 aromatic rings. The Morgan fingerprint density at radius 1 is 0.977 bits per heavy atom. The highest BCUT2D eigenvalue weighted by Crippen LogP contribution is 2.41. The van der Waals surface area contributed by atoms with Gasteiger partial charge in [0.2, 0.25) is 5.91 Å². The van der Waals surface area contributed by atoms with Crippen LogP contribution < -0.4 is 5.32 Å². The number of fused-ring (bicyclic) bond motifs is 1. The van der Waals surface area contributed by atoms with Crippen LogP contribution in [0.2, 0.25) is 0 Å². The van der Waals surface area contributed by atoms with E-state index in [2.05, 4.69) is 10.3 Å². The highest BCUT2D eigenvalue weighted by Gasteiger charge is 2.39. The largest absolute Gasteiger partial charge is 0.478 e. The summed E-state index contributed by atoms with van der Waals surface area (Å²) in [6, 6.07) is 7.88. The van der Waals surface area contributed by atoms with Crippen LogP contribution in [0.4, 0.5) is 32.0 Å². The Bertz CT molecular complexity index is 1700. The molecule has 0 bridgehead atoms. The lowest BCUT2D eigenvalue weighted by molar-refractivity contribution is -0.137. The first-order chi connectivity index (χ1) is 20.9. The van der Waals surface area contributed by atoms with Gasteiger partial charge in [-0.2, -0.15) is 13.2 Å². The molecule has 1 aromatic heterocycles. The van der Waals surface area contributed by atoms with Gasteiger partial charge in [-0.05, 0) is 54.7 Å². The van der Waals surface area contributed by atoms with E-state index >= 15 is 0 Å². The van der Waals surface area contributed by atoms with Crippen molar-refractivity contribution in [3.8, 4) is 0 Å². The van der Waals surface area contributed by atoms with Crippen molar-refractivity contribution >= 4 is 28.6 Å². The number of nitrogens with one attached hydrogen (secondary N) is 1. The summed E-state index contributed by atoms with van der Waals surface area (Å²) >= 11 is 0. The predicted octanol–water partition coefficient (Wildman–Crippen LogP) is 7.67. The number of halogens is 6. The Kier molecular flexibility index (Phi) is 8.69. The van der Waals surface area contributed by atoms with E-state index < -0.39 is 70.4 Å². The van der Waals surface area contributed by atoms with Gasteiger partial charge < -0.3 is 19.7 Å². The van der Waals surface area contributed by atoms with Crippen molar-refractivity contribution in [2.45, 2.75) is 50.4 Å². The summed E-state index contributed by atoms with van der Waals surface area (Å²) in [5.74, 6) is -5.86. The molecule has 1 amide bonds. The number of methoxy groups -OCH3 is 1. The van der Waals surface area contributed by atoms with Crippen LogP contribution in [-0.2, 0) is 15.7 Å². The lowest BCUT2D eigenvalue weighted by Gasteiger charge is -2.33. The highest BCUT2D eigenvalue weighted by molar-refractivity contribution is 5.97. The lowest BCUT2D eigenvalue weighted by Crippen LogP contribution is -2.35. The van der Waals surface area contributed by atoms with Crippen LogP contribution in [0.5, 0.6) is 0 Å². The molecule has 1 aliphatic carbocycles. The van der Waals surface area contributed by atoms with Gasteiger partial charge in [0.05, 0.1) is 27.8 Å². The van der Waals surface area contributed by atoms with E-state index in [1.807, 2.05) is 0 Å². The molecule has 7 nitrogen and oxygen atoms in total. The van der Waals surface area contributed by atoms with Crippen LogP contribution in [0.1, 0.15) is 71.6 Å². The van der Waals surface area contributed by atoms with E-state index in [0.717, 1.165) is 30.7 Å². The number of imidazole rings is 1. The number of nitrogens with zero attached hydrogens (tertiary/aromatic N) is 2. The summed E-state index contributed by atoms with van der Waals surface area (Å²) in [6.07, 6.45) is -2.77. The molecule has 2 N–H and O–H groups in total. The second-order valence-corrected chi connectivity index (χ2v) is 10.7. The van der Waals surface area contributed by atoms with Gasteiger partial charge in [-0.15, -0.1) is 0 Å². The van der Waals surface area contributed by atoms with Crippen LogP contribution in [0, 0.1) is 23.4 Å².